The third-order valence-corrected chi connectivity index (χ3v) is 4.57. The molecule has 0 saturated heterocycles. The zero-order chi connectivity index (χ0) is 19.2. The number of Topliss-reactive ketones (excluding diaryl/α,β-unsaturated/α-hetero) is 1. The van der Waals surface area contributed by atoms with Crippen molar-refractivity contribution in [3.05, 3.63) is 29.1 Å². The third-order valence-electron chi connectivity index (χ3n) is 4.57. The van der Waals surface area contributed by atoms with Crippen molar-refractivity contribution in [3.8, 4) is 11.5 Å². The molecule has 0 bridgehead atoms. The van der Waals surface area contributed by atoms with Gasteiger partial charge < -0.3 is 14.9 Å². The van der Waals surface area contributed by atoms with E-state index in [1.165, 1.54) is 6.92 Å². The van der Waals surface area contributed by atoms with Gasteiger partial charge in [-0.15, -0.1) is 0 Å². The predicted molar refractivity (Wildman–Crippen MR) is 97.6 cm³/mol. The molecule has 2 aromatic rings. The summed E-state index contributed by atoms with van der Waals surface area (Å²) in [5.41, 5.74) is 1.14. The molecule has 1 heterocycles. The number of phenolic OH excluding ortho intramolecular Hbond substituents is 1. The average Bonchev–Trinajstić information content (AvgIpc) is 3.13. The van der Waals surface area contributed by atoms with Gasteiger partial charge in [0.25, 0.3) is 0 Å². The first-order valence-corrected chi connectivity index (χ1v) is 9.04. The fraction of sp³-hybridized carbons (Fsp3) is 0.579. The number of rotatable bonds is 10. The van der Waals surface area contributed by atoms with E-state index in [2.05, 4.69) is 34.5 Å². The maximum atomic E-state index is 11.5. The van der Waals surface area contributed by atoms with Gasteiger partial charge in [-0.2, -0.15) is 0 Å². The Bertz CT molecular complexity index is 733. The van der Waals surface area contributed by atoms with E-state index >= 15 is 0 Å². The molecular formula is C19H27N4NaO3. The summed E-state index contributed by atoms with van der Waals surface area (Å²) in [6, 6.07) is 3.27. The summed E-state index contributed by atoms with van der Waals surface area (Å²) in [6.07, 6.45) is 4.65. The Morgan fingerprint density at radius 2 is 2.00 bits per heavy atom. The predicted octanol–water partition coefficient (Wildman–Crippen LogP) is 0.220. The van der Waals surface area contributed by atoms with E-state index in [9.17, 15) is 9.90 Å². The summed E-state index contributed by atoms with van der Waals surface area (Å²) in [5, 5.41) is 25.0. The molecule has 0 radical (unpaired) electrons. The topological polar surface area (TPSA) is 99.3 Å². The number of carbonyl (C=O) groups is 1. The number of tetrazole rings is 1. The minimum Gasteiger partial charge on any atom is -0.507 e. The first kappa shape index (κ1) is 23.6. The van der Waals surface area contributed by atoms with Crippen LogP contribution in [0.25, 0.3) is 0 Å². The summed E-state index contributed by atoms with van der Waals surface area (Å²) < 4.78 is 5.83. The van der Waals surface area contributed by atoms with Gasteiger partial charge in [-0.1, -0.05) is 33.6 Å². The molecule has 0 atom stereocenters. The number of unbranched alkanes of at least 4 members (excludes halogenated alkanes) is 2. The van der Waals surface area contributed by atoms with Crippen molar-refractivity contribution in [2.75, 3.05) is 6.61 Å². The first-order valence-electron chi connectivity index (χ1n) is 9.04. The molecule has 0 fully saturated rings. The second-order valence-electron chi connectivity index (χ2n) is 7.13. The van der Waals surface area contributed by atoms with Crippen LogP contribution in [0.15, 0.2) is 12.1 Å². The zero-order valence-electron chi connectivity index (χ0n) is 16.9. The standard InChI is InChI=1S/C19H28N4O3.Na/c1-5-14-11-15(13(2)24)16(25)12-17(14)26-10-8-6-7-9-19(3,4)18-20-22-23-21-18;/h11-12H,5-10H2,1-4H3,(H2,20,21,22,23,24,25);/q;+1/p-1. The van der Waals surface area contributed by atoms with E-state index in [1.807, 2.05) is 6.92 Å². The van der Waals surface area contributed by atoms with E-state index in [4.69, 9.17) is 4.74 Å². The molecule has 27 heavy (non-hydrogen) atoms. The van der Waals surface area contributed by atoms with Crippen molar-refractivity contribution < 1.29 is 44.2 Å². The minimum absolute atomic E-state index is 0. The second-order valence-corrected chi connectivity index (χ2v) is 7.13. The van der Waals surface area contributed by atoms with Gasteiger partial charge in [0, 0.05) is 17.3 Å². The van der Waals surface area contributed by atoms with Crippen molar-refractivity contribution in [2.24, 2.45) is 0 Å². The van der Waals surface area contributed by atoms with Crippen molar-refractivity contribution in [1.82, 2.24) is 20.6 Å². The Labute approximate surface area is 182 Å². The fourth-order valence-corrected chi connectivity index (χ4v) is 2.86. The Balaban J connectivity index is 0.00000364. The van der Waals surface area contributed by atoms with Gasteiger partial charge in [0.1, 0.15) is 11.5 Å². The number of hydrogen-bond acceptors (Lipinski definition) is 6. The molecule has 0 spiro atoms. The maximum Gasteiger partial charge on any atom is 1.00 e. The molecule has 0 aliphatic rings. The van der Waals surface area contributed by atoms with Gasteiger partial charge in [0.2, 0.25) is 0 Å². The molecule has 1 aromatic carbocycles. The summed E-state index contributed by atoms with van der Waals surface area (Å²) in [5.74, 6) is 1.16. The molecule has 8 heteroatoms. The molecule has 2 rings (SSSR count). The molecular weight excluding hydrogens is 355 g/mol. The Kier molecular flexibility index (Phi) is 9.42. The van der Waals surface area contributed by atoms with Crippen LogP contribution in [0.2, 0.25) is 0 Å². The number of hydrogen-bond donors (Lipinski definition) is 1. The molecule has 0 unspecified atom stereocenters. The quantitative estimate of drug-likeness (QED) is 0.356. The van der Waals surface area contributed by atoms with E-state index in [0.717, 1.165) is 37.7 Å². The van der Waals surface area contributed by atoms with Crippen LogP contribution in [0.3, 0.4) is 0 Å². The van der Waals surface area contributed by atoms with E-state index < -0.39 is 0 Å². The number of phenols is 1. The SMILES string of the molecule is CCc1cc(C(C)=O)c(O)cc1OCCCCCC(C)(C)c1nn[n-]n1.[Na+]. The number of aromatic hydroxyl groups is 1. The molecule has 1 aromatic heterocycles. The van der Waals surface area contributed by atoms with Gasteiger partial charge in [-0.05, 0) is 37.8 Å². The van der Waals surface area contributed by atoms with Crippen LogP contribution >= 0.6 is 0 Å². The summed E-state index contributed by atoms with van der Waals surface area (Å²) in [7, 11) is 0. The minimum atomic E-state index is -0.148. The number of benzene rings is 1. The number of aromatic nitrogens is 4. The maximum absolute atomic E-state index is 11.5. The van der Waals surface area contributed by atoms with Gasteiger partial charge in [0.15, 0.2) is 5.78 Å². The number of ether oxygens (including phenoxy) is 1. The first-order chi connectivity index (χ1) is 12.3. The molecule has 7 nitrogen and oxygen atoms in total. The van der Waals surface area contributed by atoms with Gasteiger partial charge in [-0.3, -0.25) is 20.3 Å². The van der Waals surface area contributed by atoms with Crippen LogP contribution in [0.4, 0.5) is 0 Å². The molecule has 0 aliphatic heterocycles. The van der Waals surface area contributed by atoms with Gasteiger partial charge in [-0.25, -0.2) is 0 Å². The van der Waals surface area contributed by atoms with Crippen LogP contribution in [0, 0.1) is 0 Å². The number of ketones is 1. The largest absolute Gasteiger partial charge is 1.00 e. The molecule has 1 N–H and O–H groups in total. The van der Waals surface area contributed by atoms with E-state index in [-0.39, 0.29) is 46.5 Å². The number of nitrogens with zero attached hydrogens (tertiary/aromatic N) is 4. The normalized spacial score (nSPS) is 11.1. The van der Waals surface area contributed by atoms with Crippen molar-refractivity contribution in [2.45, 2.75) is 65.2 Å². The monoisotopic (exact) mass is 382 g/mol. The molecule has 142 valence electrons. The van der Waals surface area contributed by atoms with Crippen LogP contribution < -0.4 is 39.5 Å². The Morgan fingerprint density at radius 3 is 2.59 bits per heavy atom. The summed E-state index contributed by atoms with van der Waals surface area (Å²) in [4.78, 5) is 11.5. The molecule has 0 aliphatic carbocycles. The molecule has 0 saturated carbocycles. The van der Waals surface area contributed by atoms with Gasteiger partial charge >= 0.3 is 29.6 Å². The van der Waals surface area contributed by atoms with E-state index in [0.29, 0.717) is 23.7 Å². The van der Waals surface area contributed by atoms with E-state index in [1.54, 1.807) is 12.1 Å². The van der Waals surface area contributed by atoms with Crippen molar-refractivity contribution in [3.63, 3.8) is 0 Å². The van der Waals surface area contributed by atoms with Crippen LogP contribution in [-0.4, -0.2) is 32.9 Å². The van der Waals surface area contributed by atoms with Crippen LogP contribution in [-0.2, 0) is 11.8 Å². The Hall–Kier alpha value is -1.44. The molecule has 0 amide bonds. The van der Waals surface area contributed by atoms with Gasteiger partial charge in [0.05, 0.1) is 12.2 Å². The third kappa shape index (κ3) is 6.59. The number of aryl methyl sites for hydroxylation is 1. The van der Waals surface area contributed by atoms with Crippen LogP contribution in [0.5, 0.6) is 11.5 Å². The smallest absolute Gasteiger partial charge is 0.507 e. The van der Waals surface area contributed by atoms with Crippen molar-refractivity contribution >= 4 is 5.78 Å². The summed E-state index contributed by atoms with van der Waals surface area (Å²) in [6.45, 7) is 8.20. The average molecular weight is 382 g/mol. The van der Waals surface area contributed by atoms with Crippen molar-refractivity contribution in [1.29, 1.82) is 0 Å². The zero-order valence-corrected chi connectivity index (χ0v) is 18.9. The fourth-order valence-electron chi connectivity index (χ4n) is 2.86. The Morgan fingerprint density at radius 1 is 1.26 bits per heavy atom. The second kappa shape index (κ2) is 10.8. The number of carbonyl (C=O) groups excluding carboxylic acids is 1. The summed E-state index contributed by atoms with van der Waals surface area (Å²) >= 11 is 0. The van der Waals surface area contributed by atoms with Crippen LogP contribution in [0.1, 0.15) is 75.1 Å².